The molecule has 0 fully saturated rings. The van der Waals surface area contributed by atoms with Crippen molar-refractivity contribution in [2.45, 2.75) is 19.9 Å². The summed E-state index contributed by atoms with van der Waals surface area (Å²) in [6.45, 7) is 10.4. The van der Waals surface area contributed by atoms with E-state index in [0.29, 0.717) is 6.54 Å². The first-order valence-electron chi connectivity index (χ1n) is 6.63. The van der Waals surface area contributed by atoms with Gasteiger partial charge in [-0.3, -0.25) is 0 Å². The summed E-state index contributed by atoms with van der Waals surface area (Å²) in [4.78, 5) is 2.14. The number of nitrogens with one attached hydrogen (secondary N) is 1. The Morgan fingerprint density at radius 3 is 2.84 bits per heavy atom. The van der Waals surface area contributed by atoms with E-state index in [-0.39, 0.29) is 12.6 Å². The molecule has 19 heavy (non-hydrogen) atoms. The molecule has 106 valence electrons. The van der Waals surface area contributed by atoms with Crippen LogP contribution in [0.3, 0.4) is 0 Å². The molecule has 1 aromatic carbocycles. The highest BCUT2D eigenvalue weighted by Gasteiger charge is 2.14. The van der Waals surface area contributed by atoms with Gasteiger partial charge in [0, 0.05) is 29.3 Å². The molecule has 0 bridgehead atoms. The molecule has 3 nitrogen and oxygen atoms in total. The average molecular weight is 327 g/mol. The van der Waals surface area contributed by atoms with Crippen molar-refractivity contribution in [2.24, 2.45) is 0 Å². The van der Waals surface area contributed by atoms with Crippen LogP contribution in [0.25, 0.3) is 0 Å². The van der Waals surface area contributed by atoms with Crippen molar-refractivity contribution in [1.82, 2.24) is 5.32 Å². The van der Waals surface area contributed by atoms with Crippen LogP contribution >= 0.6 is 15.9 Å². The second kappa shape index (κ2) is 8.35. The molecule has 1 unspecified atom stereocenters. The summed E-state index contributed by atoms with van der Waals surface area (Å²) < 4.78 is 1.07. The number of hydrogen-bond donors (Lipinski definition) is 2. The van der Waals surface area contributed by atoms with Crippen molar-refractivity contribution in [3.05, 3.63) is 40.9 Å². The molecule has 0 aliphatic heterocycles. The molecule has 1 atom stereocenters. The maximum Gasteiger partial charge on any atom is 0.0606 e. The molecule has 0 amide bonds. The van der Waals surface area contributed by atoms with Crippen LogP contribution in [0.4, 0.5) is 5.69 Å². The van der Waals surface area contributed by atoms with Crippen molar-refractivity contribution >= 4 is 21.6 Å². The number of halogens is 1. The largest absolute Gasteiger partial charge is 0.395 e. The zero-order valence-electron chi connectivity index (χ0n) is 11.7. The minimum atomic E-state index is 0.138. The Morgan fingerprint density at radius 1 is 1.53 bits per heavy atom. The number of aliphatic hydroxyl groups excluding tert-OH is 1. The molecule has 4 heteroatoms. The van der Waals surface area contributed by atoms with E-state index in [1.807, 2.05) is 12.1 Å². The lowest BCUT2D eigenvalue weighted by Gasteiger charge is -2.28. The fourth-order valence-corrected chi connectivity index (χ4v) is 2.54. The quantitative estimate of drug-likeness (QED) is 0.720. The molecular formula is C15H23BrN2O. The molecule has 2 N–H and O–H groups in total. The van der Waals surface area contributed by atoms with E-state index in [4.69, 9.17) is 0 Å². The van der Waals surface area contributed by atoms with E-state index in [2.05, 4.69) is 58.7 Å². The molecule has 0 spiro atoms. The third-order valence-electron chi connectivity index (χ3n) is 3.03. The van der Waals surface area contributed by atoms with Gasteiger partial charge in [0.2, 0.25) is 0 Å². The van der Waals surface area contributed by atoms with Crippen molar-refractivity contribution in [3.63, 3.8) is 0 Å². The van der Waals surface area contributed by atoms with Crippen LogP contribution in [0.1, 0.15) is 25.5 Å². The van der Waals surface area contributed by atoms with Gasteiger partial charge in [0.25, 0.3) is 0 Å². The summed E-state index contributed by atoms with van der Waals surface area (Å²) in [6, 6.07) is 6.52. The van der Waals surface area contributed by atoms with Crippen LogP contribution in [0, 0.1) is 0 Å². The van der Waals surface area contributed by atoms with E-state index in [0.717, 1.165) is 23.2 Å². The first kappa shape index (κ1) is 16.2. The zero-order valence-corrected chi connectivity index (χ0v) is 13.3. The Hall–Kier alpha value is -0.840. The summed E-state index contributed by atoms with van der Waals surface area (Å²) >= 11 is 3.53. The van der Waals surface area contributed by atoms with Gasteiger partial charge >= 0.3 is 0 Å². The summed E-state index contributed by atoms with van der Waals surface area (Å²) in [7, 11) is 0. The zero-order chi connectivity index (χ0) is 14.3. The van der Waals surface area contributed by atoms with Crippen LogP contribution in [0.5, 0.6) is 0 Å². The van der Waals surface area contributed by atoms with Gasteiger partial charge in [0.1, 0.15) is 0 Å². The Bertz CT molecular complexity index is 409. The highest BCUT2D eigenvalue weighted by atomic mass is 79.9. The van der Waals surface area contributed by atoms with Gasteiger partial charge in [-0.05, 0) is 37.2 Å². The van der Waals surface area contributed by atoms with E-state index in [1.54, 1.807) is 0 Å². The Labute approximate surface area is 124 Å². The average Bonchev–Trinajstić information content (AvgIpc) is 2.39. The van der Waals surface area contributed by atoms with Crippen molar-refractivity contribution in [2.75, 3.05) is 31.1 Å². The number of rotatable bonds is 8. The van der Waals surface area contributed by atoms with E-state index in [1.165, 1.54) is 5.56 Å². The predicted molar refractivity (Wildman–Crippen MR) is 85.7 cm³/mol. The summed E-state index contributed by atoms with van der Waals surface area (Å²) in [5, 5.41) is 12.6. The van der Waals surface area contributed by atoms with Crippen LogP contribution in [-0.4, -0.2) is 31.3 Å². The molecule has 1 rings (SSSR count). The van der Waals surface area contributed by atoms with E-state index < -0.39 is 0 Å². The van der Waals surface area contributed by atoms with Crippen LogP contribution in [-0.2, 0) is 0 Å². The molecule has 0 heterocycles. The Morgan fingerprint density at radius 2 is 2.26 bits per heavy atom. The molecule has 0 aromatic heterocycles. The van der Waals surface area contributed by atoms with Crippen LogP contribution in [0.15, 0.2) is 35.3 Å². The topological polar surface area (TPSA) is 35.5 Å². The van der Waals surface area contributed by atoms with Gasteiger partial charge < -0.3 is 15.3 Å². The fourth-order valence-electron chi connectivity index (χ4n) is 2.16. The van der Waals surface area contributed by atoms with Gasteiger partial charge in [-0.1, -0.05) is 28.9 Å². The molecule has 1 aromatic rings. The molecule has 0 saturated carbocycles. The highest BCUT2D eigenvalue weighted by Crippen LogP contribution is 2.29. The maximum absolute atomic E-state index is 9.21. The minimum absolute atomic E-state index is 0.138. The van der Waals surface area contributed by atoms with Gasteiger partial charge in [-0.15, -0.1) is 6.58 Å². The smallest absolute Gasteiger partial charge is 0.0606 e. The second-order valence-corrected chi connectivity index (χ2v) is 5.36. The van der Waals surface area contributed by atoms with E-state index in [9.17, 15) is 5.11 Å². The number of benzene rings is 1. The molecular weight excluding hydrogens is 304 g/mol. The lowest BCUT2D eigenvalue weighted by atomic mass is 10.0. The van der Waals surface area contributed by atoms with E-state index >= 15 is 0 Å². The van der Waals surface area contributed by atoms with Crippen LogP contribution < -0.4 is 10.2 Å². The summed E-state index contributed by atoms with van der Waals surface area (Å²) in [6.07, 6.45) is 1.86. The Kier molecular flexibility index (Phi) is 7.13. The standard InChI is InChI=1S/C15H23BrN2O/c1-4-8-18(9-10-19)15-7-6-13(16)11-14(15)12(3)17-5-2/h4,6-7,11-12,17,19H,1,5,8-10H2,2-3H3. The first-order chi connectivity index (χ1) is 9.13. The SMILES string of the molecule is C=CCN(CCO)c1ccc(Br)cc1C(C)NCC. The molecule has 0 saturated heterocycles. The first-order valence-corrected chi connectivity index (χ1v) is 7.42. The third kappa shape index (κ3) is 4.64. The van der Waals surface area contributed by atoms with Gasteiger partial charge in [-0.2, -0.15) is 0 Å². The lowest BCUT2D eigenvalue weighted by Crippen LogP contribution is -2.29. The number of anilines is 1. The minimum Gasteiger partial charge on any atom is -0.395 e. The van der Waals surface area contributed by atoms with Crippen molar-refractivity contribution < 1.29 is 5.11 Å². The maximum atomic E-state index is 9.21. The highest BCUT2D eigenvalue weighted by molar-refractivity contribution is 9.10. The van der Waals surface area contributed by atoms with Gasteiger partial charge in [0.05, 0.1) is 6.61 Å². The molecule has 0 aliphatic rings. The monoisotopic (exact) mass is 326 g/mol. The molecule has 0 aliphatic carbocycles. The Balaban J connectivity index is 3.12. The number of nitrogens with zero attached hydrogens (tertiary/aromatic N) is 1. The summed E-state index contributed by atoms with van der Waals surface area (Å²) in [5.41, 5.74) is 2.37. The fraction of sp³-hybridized carbons (Fsp3) is 0.467. The molecule has 0 radical (unpaired) electrons. The van der Waals surface area contributed by atoms with Gasteiger partial charge in [-0.25, -0.2) is 0 Å². The van der Waals surface area contributed by atoms with Crippen LogP contribution in [0.2, 0.25) is 0 Å². The normalized spacial score (nSPS) is 12.2. The second-order valence-electron chi connectivity index (χ2n) is 4.44. The summed E-state index contributed by atoms with van der Waals surface area (Å²) in [5.74, 6) is 0. The van der Waals surface area contributed by atoms with Crippen molar-refractivity contribution in [1.29, 1.82) is 0 Å². The number of hydrogen-bond acceptors (Lipinski definition) is 3. The number of aliphatic hydroxyl groups is 1. The third-order valence-corrected chi connectivity index (χ3v) is 3.52. The lowest BCUT2D eigenvalue weighted by molar-refractivity contribution is 0.303. The predicted octanol–water partition coefficient (Wildman–Crippen LogP) is 3.10. The van der Waals surface area contributed by atoms with Crippen molar-refractivity contribution in [3.8, 4) is 0 Å². The van der Waals surface area contributed by atoms with Gasteiger partial charge in [0.15, 0.2) is 0 Å².